The molecule has 2 N–H and O–H groups in total. The first kappa shape index (κ1) is 12.9. The van der Waals surface area contributed by atoms with E-state index >= 15 is 0 Å². The molecule has 6 nitrogen and oxygen atoms in total. The van der Waals surface area contributed by atoms with E-state index in [1.54, 1.807) is 22.8 Å². The van der Waals surface area contributed by atoms with Crippen LogP contribution in [0.15, 0.2) is 24.3 Å². The molecule has 0 radical (unpaired) electrons. The third kappa shape index (κ3) is 1.96. The van der Waals surface area contributed by atoms with Crippen LogP contribution in [0.4, 0.5) is 0 Å². The van der Waals surface area contributed by atoms with Crippen molar-refractivity contribution in [2.75, 3.05) is 0 Å². The maximum absolute atomic E-state index is 11.0. The van der Waals surface area contributed by atoms with E-state index < -0.39 is 5.97 Å². The van der Waals surface area contributed by atoms with Crippen molar-refractivity contribution in [3.8, 4) is 17.5 Å². The molecule has 21 heavy (non-hydrogen) atoms. The van der Waals surface area contributed by atoms with Gasteiger partial charge in [0.2, 0.25) is 0 Å². The molecule has 0 amide bonds. The van der Waals surface area contributed by atoms with Crippen molar-refractivity contribution in [1.29, 1.82) is 5.26 Å². The Morgan fingerprint density at radius 2 is 2.19 bits per heavy atom. The number of carboxylic acids is 1. The predicted octanol–water partition coefficient (Wildman–Crippen LogP) is 2.45. The van der Waals surface area contributed by atoms with Crippen LogP contribution < -0.4 is 0 Å². The van der Waals surface area contributed by atoms with Crippen molar-refractivity contribution in [2.45, 2.75) is 6.92 Å². The number of aromatic amines is 1. The molecule has 1 aromatic carbocycles. The van der Waals surface area contributed by atoms with E-state index in [2.05, 4.69) is 16.0 Å². The minimum atomic E-state index is -0.976. The van der Waals surface area contributed by atoms with Gasteiger partial charge in [-0.15, -0.1) is 0 Å². The smallest absolute Gasteiger partial charge is 0.335 e. The molecule has 3 rings (SSSR count). The maximum Gasteiger partial charge on any atom is 0.335 e. The number of nitriles is 1. The van der Waals surface area contributed by atoms with Crippen LogP contribution in [-0.2, 0) is 7.05 Å². The number of carbonyl (C=O) groups is 1. The van der Waals surface area contributed by atoms with E-state index in [1.165, 1.54) is 6.07 Å². The molecule has 0 bridgehead atoms. The van der Waals surface area contributed by atoms with Gasteiger partial charge in [-0.3, -0.25) is 0 Å². The highest BCUT2D eigenvalue weighted by molar-refractivity contribution is 5.93. The van der Waals surface area contributed by atoms with Crippen LogP contribution in [0.2, 0.25) is 0 Å². The molecule has 3 aromatic rings. The average molecular weight is 280 g/mol. The van der Waals surface area contributed by atoms with Crippen molar-refractivity contribution < 1.29 is 9.90 Å². The fraction of sp³-hybridized carbons (Fsp3) is 0.133. The molecule has 0 fully saturated rings. The number of H-pyrrole nitrogens is 1. The Hall–Kier alpha value is -3.07. The van der Waals surface area contributed by atoms with E-state index in [0.29, 0.717) is 22.6 Å². The zero-order valence-electron chi connectivity index (χ0n) is 11.5. The lowest BCUT2D eigenvalue weighted by atomic mass is 10.2. The van der Waals surface area contributed by atoms with Gasteiger partial charge in [0.05, 0.1) is 16.6 Å². The Kier molecular flexibility index (Phi) is 2.77. The highest BCUT2D eigenvalue weighted by Crippen LogP contribution is 2.26. The van der Waals surface area contributed by atoms with Crippen LogP contribution in [0.1, 0.15) is 21.7 Å². The van der Waals surface area contributed by atoms with Gasteiger partial charge >= 0.3 is 5.97 Å². The van der Waals surface area contributed by atoms with Gasteiger partial charge in [-0.25, -0.2) is 9.78 Å². The number of aromatic nitrogens is 3. The molecule has 0 atom stereocenters. The second-order valence-electron chi connectivity index (χ2n) is 4.82. The van der Waals surface area contributed by atoms with Gasteiger partial charge in [-0.05, 0) is 31.2 Å². The number of fused-ring (bicyclic) bond motifs is 1. The quantitative estimate of drug-likeness (QED) is 0.753. The number of rotatable bonds is 2. The molecule has 6 heteroatoms. The van der Waals surface area contributed by atoms with Crippen molar-refractivity contribution >= 4 is 17.0 Å². The molecular weight excluding hydrogens is 268 g/mol. The Morgan fingerprint density at radius 1 is 1.43 bits per heavy atom. The molecule has 0 aliphatic carbocycles. The van der Waals surface area contributed by atoms with Gasteiger partial charge in [0.1, 0.15) is 17.6 Å². The Morgan fingerprint density at radius 3 is 2.81 bits per heavy atom. The SMILES string of the molecule is Cc1c(-c2nc3ccc(C(=O)O)cc3[nH]2)cc(C#N)n1C. The summed E-state index contributed by atoms with van der Waals surface area (Å²) in [5.74, 6) is -0.349. The number of imidazole rings is 1. The van der Waals surface area contributed by atoms with E-state index in [0.717, 1.165) is 11.3 Å². The average Bonchev–Trinajstić information content (AvgIpc) is 3.00. The summed E-state index contributed by atoms with van der Waals surface area (Å²) in [7, 11) is 1.82. The zero-order valence-corrected chi connectivity index (χ0v) is 11.5. The van der Waals surface area contributed by atoms with Gasteiger partial charge in [0.25, 0.3) is 0 Å². The highest BCUT2D eigenvalue weighted by atomic mass is 16.4. The minimum Gasteiger partial charge on any atom is -0.478 e. The van der Waals surface area contributed by atoms with Crippen molar-refractivity contribution in [3.63, 3.8) is 0 Å². The minimum absolute atomic E-state index is 0.209. The molecule has 0 unspecified atom stereocenters. The lowest BCUT2D eigenvalue weighted by Crippen LogP contribution is -1.94. The molecule has 0 aliphatic heterocycles. The summed E-state index contributed by atoms with van der Waals surface area (Å²) in [6.07, 6.45) is 0. The Bertz CT molecular complexity index is 912. The van der Waals surface area contributed by atoms with Crippen LogP contribution in [0, 0.1) is 18.3 Å². The summed E-state index contributed by atoms with van der Waals surface area (Å²) >= 11 is 0. The molecule has 2 aromatic heterocycles. The van der Waals surface area contributed by atoms with Crippen LogP contribution >= 0.6 is 0 Å². The van der Waals surface area contributed by atoms with Crippen LogP contribution in [0.5, 0.6) is 0 Å². The maximum atomic E-state index is 11.0. The molecule has 2 heterocycles. The topological polar surface area (TPSA) is 94.7 Å². The normalized spacial score (nSPS) is 10.7. The molecule has 0 saturated heterocycles. The van der Waals surface area contributed by atoms with Gasteiger partial charge in [0, 0.05) is 18.3 Å². The first-order chi connectivity index (χ1) is 10.0. The number of hydrogen-bond acceptors (Lipinski definition) is 3. The number of nitrogens with zero attached hydrogens (tertiary/aromatic N) is 3. The fourth-order valence-electron chi connectivity index (χ4n) is 2.32. The second kappa shape index (κ2) is 4.49. The largest absolute Gasteiger partial charge is 0.478 e. The van der Waals surface area contributed by atoms with E-state index in [1.807, 2.05) is 14.0 Å². The van der Waals surface area contributed by atoms with Gasteiger partial charge in [-0.1, -0.05) is 0 Å². The van der Waals surface area contributed by atoms with Gasteiger partial charge < -0.3 is 14.7 Å². The van der Waals surface area contributed by atoms with Crippen LogP contribution in [0.3, 0.4) is 0 Å². The summed E-state index contributed by atoms with van der Waals surface area (Å²) in [5.41, 5.74) is 3.86. The van der Waals surface area contributed by atoms with E-state index in [4.69, 9.17) is 10.4 Å². The first-order valence-electron chi connectivity index (χ1n) is 6.31. The number of benzene rings is 1. The summed E-state index contributed by atoms with van der Waals surface area (Å²) in [6.45, 7) is 1.91. The fourth-order valence-corrected chi connectivity index (χ4v) is 2.32. The third-order valence-corrected chi connectivity index (χ3v) is 3.63. The Balaban J connectivity index is 2.18. The third-order valence-electron chi connectivity index (χ3n) is 3.63. The lowest BCUT2D eigenvalue weighted by Gasteiger charge is -1.98. The van der Waals surface area contributed by atoms with Crippen molar-refractivity contribution in [3.05, 3.63) is 41.2 Å². The second-order valence-corrected chi connectivity index (χ2v) is 4.82. The van der Waals surface area contributed by atoms with E-state index in [9.17, 15) is 4.79 Å². The van der Waals surface area contributed by atoms with Crippen molar-refractivity contribution in [2.24, 2.45) is 7.05 Å². The van der Waals surface area contributed by atoms with E-state index in [-0.39, 0.29) is 5.56 Å². The Labute approximate surface area is 120 Å². The molecular formula is C15H12N4O2. The van der Waals surface area contributed by atoms with Gasteiger partial charge in [0.15, 0.2) is 0 Å². The first-order valence-corrected chi connectivity index (χ1v) is 6.31. The summed E-state index contributed by atoms with van der Waals surface area (Å²) in [5, 5.41) is 18.1. The molecule has 0 saturated carbocycles. The van der Waals surface area contributed by atoms with Crippen LogP contribution in [-0.4, -0.2) is 25.6 Å². The number of aromatic carboxylic acids is 1. The summed E-state index contributed by atoms with van der Waals surface area (Å²) in [6, 6.07) is 8.64. The zero-order chi connectivity index (χ0) is 15.1. The number of hydrogen-bond donors (Lipinski definition) is 2. The molecule has 0 aliphatic rings. The highest BCUT2D eigenvalue weighted by Gasteiger charge is 2.14. The standard InChI is InChI=1S/C15H12N4O2/c1-8-11(6-10(7-16)19(8)2)14-17-12-4-3-9(15(20)21)5-13(12)18-14/h3-6H,1-2H3,(H,17,18)(H,20,21). The van der Waals surface area contributed by atoms with Crippen LogP contribution in [0.25, 0.3) is 22.4 Å². The number of carboxylic acid groups (broad SMARTS) is 1. The summed E-state index contributed by atoms with van der Waals surface area (Å²) in [4.78, 5) is 18.6. The van der Waals surface area contributed by atoms with Crippen molar-refractivity contribution in [1.82, 2.24) is 14.5 Å². The summed E-state index contributed by atoms with van der Waals surface area (Å²) < 4.78 is 1.80. The number of nitrogens with one attached hydrogen (secondary N) is 1. The van der Waals surface area contributed by atoms with Gasteiger partial charge in [-0.2, -0.15) is 5.26 Å². The molecule has 0 spiro atoms. The predicted molar refractivity (Wildman–Crippen MR) is 76.9 cm³/mol. The lowest BCUT2D eigenvalue weighted by molar-refractivity contribution is 0.0697. The molecule has 104 valence electrons. The monoisotopic (exact) mass is 280 g/mol.